The van der Waals surface area contributed by atoms with E-state index in [-0.39, 0.29) is 23.9 Å². The van der Waals surface area contributed by atoms with Crippen molar-refractivity contribution in [1.82, 2.24) is 10.2 Å². The van der Waals surface area contributed by atoms with Crippen LogP contribution in [0.3, 0.4) is 0 Å². The van der Waals surface area contributed by atoms with Gasteiger partial charge < -0.3 is 5.32 Å². The van der Waals surface area contributed by atoms with Crippen LogP contribution in [0.2, 0.25) is 0 Å². The molecule has 0 bridgehead atoms. The second-order valence-electron chi connectivity index (χ2n) is 3.89. The maximum atomic E-state index is 11.9. The normalized spacial score (nSPS) is 21.9. The summed E-state index contributed by atoms with van der Waals surface area (Å²) in [6.07, 6.45) is 2.00. The first-order valence-corrected chi connectivity index (χ1v) is 5.74. The van der Waals surface area contributed by atoms with Gasteiger partial charge in [0, 0.05) is 6.04 Å². The molecule has 1 rings (SSSR count). The van der Waals surface area contributed by atoms with Gasteiger partial charge in [-0.1, -0.05) is 20.8 Å². The number of nitrogens with one attached hydrogen (secondary N) is 1. The van der Waals surface area contributed by atoms with E-state index in [1.165, 1.54) is 4.90 Å². The number of hydrogen-bond donors (Lipinski definition) is 1. The standard InChI is InChI=1S/C11H20N2O2/c1-4-8(5-2)13-10(14)7-9(11(13)15)12-6-3/h8-9,12H,4-7H2,1-3H3. The van der Waals surface area contributed by atoms with E-state index in [1.54, 1.807) is 0 Å². The molecule has 1 heterocycles. The molecule has 1 N–H and O–H groups in total. The van der Waals surface area contributed by atoms with E-state index in [9.17, 15) is 9.59 Å². The summed E-state index contributed by atoms with van der Waals surface area (Å²) in [6.45, 7) is 6.68. The molecule has 1 fully saturated rings. The SMILES string of the molecule is CCNC1CC(=O)N(C(CC)CC)C1=O. The largest absolute Gasteiger partial charge is 0.306 e. The molecular formula is C11H20N2O2. The molecule has 0 radical (unpaired) electrons. The maximum Gasteiger partial charge on any atom is 0.247 e. The minimum atomic E-state index is -0.289. The minimum absolute atomic E-state index is 0.0281. The smallest absolute Gasteiger partial charge is 0.247 e. The van der Waals surface area contributed by atoms with Crippen LogP contribution in [0.15, 0.2) is 0 Å². The van der Waals surface area contributed by atoms with Crippen LogP contribution in [-0.2, 0) is 9.59 Å². The van der Waals surface area contributed by atoms with Crippen molar-refractivity contribution in [3.63, 3.8) is 0 Å². The van der Waals surface area contributed by atoms with Crippen molar-refractivity contribution in [3.05, 3.63) is 0 Å². The Labute approximate surface area is 91.0 Å². The van der Waals surface area contributed by atoms with Crippen molar-refractivity contribution in [2.75, 3.05) is 6.54 Å². The van der Waals surface area contributed by atoms with E-state index in [2.05, 4.69) is 5.32 Å². The van der Waals surface area contributed by atoms with E-state index in [1.807, 2.05) is 20.8 Å². The van der Waals surface area contributed by atoms with Crippen LogP contribution in [0.25, 0.3) is 0 Å². The third-order valence-electron chi connectivity index (χ3n) is 2.94. The van der Waals surface area contributed by atoms with Crippen molar-refractivity contribution in [2.45, 2.75) is 52.1 Å². The van der Waals surface area contributed by atoms with E-state index in [4.69, 9.17) is 0 Å². The van der Waals surface area contributed by atoms with E-state index < -0.39 is 0 Å². The molecule has 0 aliphatic carbocycles. The van der Waals surface area contributed by atoms with Gasteiger partial charge in [0.05, 0.1) is 12.5 Å². The first-order chi connectivity index (χ1) is 7.15. The Balaban J connectivity index is 2.73. The van der Waals surface area contributed by atoms with Gasteiger partial charge in [0.2, 0.25) is 11.8 Å². The van der Waals surface area contributed by atoms with Crippen LogP contribution >= 0.6 is 0 Å². The molecular weight excluding hydrogens is 192 g/mol. The van der Waals surface area contributed by atoms with Crippen molar-refractivity contribution >= 4 is 11.8 Å². The second-order valence-corrected chi connectivity index (χ2v) is 3.89. The lowest BCUT2D eigenvalue weighted by Gasteiger charge is -2.24. The number of likely N-dealkylation sites (tertiary alicyclic amines) is 1. The highest BCUT2D eigenvalue weighted by Crippen LogP contribution is 2.19. The molecule has 0 aromatic heterocycles. The summed E-state index contributed by atoms with van der Waals surface area (Å²) >= 11 is 0. The molecule has 0 saturated carbocycles. The van der Waals surface area contributed by atoms with Gasteiger partial charge in [-0.3, -0.25) is 14.5 Å². The Bertz CT molecular complexity index is 249. The van der Waals surface area contributed by atoms with Crippen molar-refractivity contribution in [3.8, 4) is 0 Å². The predicted octanol–water partition coefficient (Wildman–Crippen LogP) is 0.912. The van der Waals surface area contributed by atoms with Gasteiger partial charge in [-0.05, 0) is 19.4 Å². The Morgan fingerprint density at radius 2 is 1.93 bits per heavy atom. The van der Waals surface area contributed by atoms with Crippen molar-refractivity contribution < 1.29 is 9.59 Å². The highest BCUT2D eigenvalue weighted by Gasteiger charge is 2.40. The zero-order valence-corrected chi connectivity index (χ0v) is 9.75. The fraction of sp³-hybridized carbons (Fsp3) is 0.818. The Morgan fingerprint density at radius 1 is 1.33 bits per heavy atom. The molecule has 86 valence electrons. The molecule has 0 spiro atoms. The number of carbonyl (C=O) groups is 2. The Kier molecular flexibility index (Phi) is 4.27. The van der Waals surface area contributed by atoms with Crippen LogP contribution < -0.4 is 5.32 Å². The van der Waals surface area contributed by atoms with Crippen LogP contribution in [0, 0.1) is 0 Å². The molecule has 1 saturated heterocycles. The summed E-state index contributed by atoms with van der Waals surface area (Å²) in [7, 11) is 0. The molecule has 2 amide bonds. The highest BCUT2D eigenvalue weighted by molar-refractivity contribution is 6.05. The van der Waals surface area contributed by atoms with Gasteiger partial charge >= 0.3 is 0 Å². The Morgan fingerprint density at radius 3 is 2.40 bits per heavy atom. The summed E-state index contributed by atoms with van der Waals surface area (Å²) in [5, 5.41) is 3.05. The highest BCUT2D eigenvalue weighted by atomic mass is 16.2. The molecule has 4 nitrogen and oxygen atoms in total. The van der Waals surface area contributed by atoms with Gasteiger partial charge in [-0.15, -0.1) is 0 Å². The molecule has 1 aliphatic heterocycles. The van der Waals surface area contributed by atoms with Crippen LogP contribution in [0.5, 0.6) is 0 Å². The fourth-order valence-electron chi connectivity index (χ4n) is 2.09. The van der Waals surface area contributed by atoms with Gasteiger partial charge in [-0.25, -0.2) is 0 Å². The van der Waals surface area contributed by atoms with E-state index >= 15 is 0 Å². The maximum absolute atomic E-state index is 11.9. The quantitative estimate of drug-likeness (QED) is 0.689. The number of nitrogens with zero attached hydrogens (tertiary/aromatic N) is 1. The number of rotatable bonds is 5. The molecule has 1 unspecified atom stereocenters. The molecule has 1 aliphatic rings. The minimum Gasteiger partial charge on any atom is -0.306 e. The van der Waals surface area contributed by atoms with Crippen LogP contribution in [0.4, 0.5) is 0 Å². The third kappa shape index (κ3) is 2.37. The number of hydrogen-bond acceptors (Lipinski definition) is 3. The van der Waals surface area contributed by atoms with Crippen molar-refractivity contribution in [1.29, 1.82) is 0 Å². The van der Waals surface area contributed by atoms with Crippen LogP contribution in [0.1, 0.15) is 40.0 Å². The lowest BCUT2D eigenvalue weighted by atomic mass is 10.1. The first-order valence-electron chi connectivity index (χ1n) is 5.74. The van der Waals surface area contributed by atoms with Gasteiger partial charge in [0.15, 0.2) is 0 Å². The molecule has 4 heteroatoms. The number of amides is 2. The summed E-state index contributed by atoms with van der Waals surface area (Å²) in [5.74, 6) is -0.0739. The second kappa shape index (κ2) is 5.26. The summed E-state index contributed by atoms with van der Waals surface area (Å²) in [4.78, 5) is 25.1. The fourth-order valence-corrected chi connectivity index (χ4v) is 2.09. The average Bonchev–Trinajstić information content (AvgIpc) is 2.48. The zero-order chi connectivity index (χ0) is 11.4. The van der Waals surface area contributed by atoms with E-state index in [0.29, 0.717) is 6.42 Å². The predicted molar refractivity (Wildman–Crippen MR) is 58.3 cm³/mol. The monoisotopic (exact) mass is 212 g/mol. The zero-order valence-electron chi connectivity index (χ0n) is 9.75. The first kappa shape index (κ1) is 12.2. The average molecular weight is 212 g/mol. The molecule has 0 aromatic rings. The topological polar surface area (TPSA) is 49.4 Å². The van der Waals surface area contributed by atoms with E-state index in [0.717, 1.165) is 19.4 Å². The number of imide groups is 1. The molecule has 0 aromatic carbocycles. The van der Waals surface area contributed by atoms with Gasteiger partial charge in [-0.2, -0.15) is 0 Å². The lowest BCUT2D eigenvalue weighted by Crippen LogP contribution is -2.43. The molecule has 15 heavy (non-hydrogen) atoms. The van der Waals surface area contributed by atoms with Crippen LogP contribution in [-0.4, -0.2) is 35.3 Å². The Hall–Kier alpha value is -0.900. The summed E-state index contributed by atoms with van der Waals surface area (Å²) in [6, 6.07) is -0.211. The van der Waals surface area contributed by atoms with Crippen molar-refractivity contribution in [2.24, 2.45) is 0 Å². The summed E-state index contributed by atoms with van der Waals surface area (Å²) in [5.41, 5.74) is 0. The number of carbonyl (C=O) groups excluding carboxylic acids is 2. The third-order valence-corrected chi connectivity index (χ3v) is 2.94. The summed E-state index contributed by atoms with van der Waals surface area (Å²) < 4.78 is 0. The van der Waals surface area contributed by atoms with Gasteiger partial charge in [0.1, 0.15) is 0 Å². The van der Waals surface area contributed by atoms with Gasteiger partial charge in [0.25, 0.3) is 0 Å². The number of likely N-dealkylation sites (N-methyl/N-ethyl adjacent to an activating group) is 1. The molecule has 1 atom stereocenters. The lowest BCUT2D eigenvalue weighted by molar-refractivity contribution is -0.141.